The third kappa shape index (κ3) is 5.58. The van der Waals surface area contributed by atoms with Crippen molar-refractivity contribution in [3.8, 4) is 22.8 Å². The molecule has 0 spiro atoms. The van der Waals surface area contributed by atoms with Crippen LogP contribution >= 0.6 is 0 Å². The number of benzene rings is 2. The molecule has 0 unspecified atom stereocenters. The van der Waals surface area contributed by atoms with E-state index >= 15 is 0 Å². The molecular weight excluding hydrogens is 368 g/mol. The fourth-order valence-corrected chi connectivity index (χ4v) is 2.81. The van der Waals surface area contributed by atoms with Gasteiger partial charge in [-0.05, 0) is 18.6 Å². The van der Waals surface area contributed by atoms with Crippen molar-refractivity contribution in [2.45, 2.75) is 6.42 Å². The first-order chi connectivity index (χ1) is 14.2. The van der Waals surface area contributed by atoms with Gasteiger partial charge in [0.1, 0.15) is 17.3 Å². The van der Waals surface area contributed by atoms with Gasteiger partial charge >= 0.3 is 0 Å². The van der Waals surface area contributed by atoms with Gasteiger partial charge in [-0.1, -0.05) is 30.3 Å². The number of hydrogen-bond acceptors (Lipinski definition) is 7. The molecular formula is C22H26N4O3. The van der Waals surface area contributed by atoms with Crippen LogP contribution in [0.3, 0.4) is 0 Å². The molecule has 0 aliphatic carbocycles. The van der Waals surface area contributed by atoms with Crippen molar-refractivity contribution in [3.63, 3.8) is 0 Å². The largest absolute Gasteiger partial charge is 0.497 e. The highest BCUT2D eigenvalue weighted by atomic mass is 16.5. The Morgan fingerprint density at radius 1 is 0.897 bits per heavy atom. The summed E-state index contributed by atoms with van der Waals surface area (Å²) in [5.74, 6) is 2.58. The van der Waals surface area contributed by atoms with Gasteiger partial charge in [0.05, 0.1) is 25.6 Å². The van der Waals surface area contributed by atoms with Crippen molar-refractivity contribution in [2.75, 3.05) is 45.1 Å². The average Bonchev–Trinajstić information content (AvgIpc) is 2.77. The summed E-state index contributed by atoms with van der Waals surface area (Å²) in [5, 5.41) is 6.60. The molecule has 0 bridgehead atoms. The van der Waals surface area contributed by atoms with E-state index in [2.05, 4.69) is 20.6 Å². The van der Waals surface area contributed by atoms with Crippen molar-refractivity contribution < 1.29 is 14.2 Å². The third-order valence-electron chi connectivity index (χ3n) is 4.28. The molecule has 7 nitrogen and oxygen atoms in total. The molecule has 0 aliphatic heterocycles. The highest BCUT2D eigenvalue weighted by Gasteiger charge is 2.10. The summed E-state index contributed by atoms with van der Waals surface area (Å²) in [7, 11) is 4.93. The first-order valence-electron chi connectivity index (χ1n) is 9.40. The SMILES string of the molecule is COCCCNc1cc(-c2ccccc2)nc(Nc2ccc(OC)cc2OC)n1. The Balaban J connectivity index is 1.90. The van der Waals surface area contributed by atoms with Gasteiger partial charge < -0.3 is 24.8 Å². The summed E-state index contributed by atoms with van der Waals surface area (Å²) in [6.07, 6.45) is 0.885. The summed E-state index contributed by atoms with van der Waals surface area (Å²) in [6.45, 7) is 1.45. The molecule has 0 amide bonds. The number of anilines is 3. The van der Waals surface area contributed by atoms with Crippen molar-refractivity contribution in [1.82, 2.24) is 9.97 Å². The van der Waals surface area contributed by atoms with Crippen LogP contribution < -0.4 is 20.1 Å². The third-order valence-corrected chi connectivity index (χ3v) is 4.28. The van der Waals surface area contributed by atoms with Crippen LogP contribution in [0.4, 0.5) is 17.5 Å². The molecule has 0 atom stereocenters. The van der Waals surface area contributed by atoms with Gasteiger partial charge in [-0.3, -0.25) is 0 Å². The van der Waals surface area contributed by atoms with Crippen LogP contribution in [0.1, 0.15) is 6.42 Å². The van der Waals surface area contributed by atoms with Crippen LogP contribution in [0.15, 0.2) is 54.6 Å². The molecule has 2 aromatic carbocycles. The molecule has 0 saturated carbocycles. The summed E-state index contributed by atoms with van der Waals surface area (Å²) < 4.78 is 15.8. The highest BCUT2D eigenvalue weighted by Crippen LogP contribution is 2.31. The summed E-state index contributed by atoms with van der Waals surface area (Å²) >= 11 is 0. The predicted octanol–water partition coefficient (Wildman–Crippen LogP) is 4.35. The molecule has 3 rings (SSSR count). The van der Waals surface area contributed by atoms with Gasteiger partial charge in [-0.2, -0.15) is 4.98 Å². The fourth-order valence-electron chi connectivity index (χ4n) is 2.81. The van der Waals surface area contributed by atoms with Crippen LogP contribution in [-0.4, -0.2) is 44.4 Å². The lowest BCUT2D eigenvalue weighted by molar-refractivity contribution is 0.198. The molecule has 1 heterocycles. The van der Waals surface area contributed by atoms with E-state index in [4.69, 9.17) is 14.2 Å². The van der Waals surface area contributed by atoms with E-state index in [-0.39, 0.29) is 0 Å². The molecule has 152 valence electrons. The fraction of sp³-hybridized carbons (Fsp3) is 0.273. The van der Waals surface area contributed by atoms with Gasteiger partial charge in [-0.25, -0.2) is 4.98 Å². The van der Waals surface area contributed by atoms with Gasteiger partial charge in [0.15, 0.2) is 0 Å². The summed E-state index contributed by atoms with van der Waals surface area (Å²) in [5.41, 5.74) is 2.59. The molecule has 0 radical (unpaired) electrons. The Hall–Kier alpha value is -3.32. The smallest absolute Gasteiger partial charge is 0.229 e. The zero-order valence-electron chi connectivity index (χ0n) is 16.9. The quantitative estimate of drug-likeness (QED) is 0.495. The molecule has 0 aliphatic rings. The second kappa shape index (κ2) is 10.3. The van der Waals surface area contributed by atoms with E-state index in [0.29, 0.717) is 24.1 Å². The lowest BCUT2D eigenvalue weighted by atomic mass is 10.1. The first-order valence-corrected chi connectivity index (χ1v) is 9.40. The van der Waals surface area contributed by atoms with Gasteiger partial charge in [0.2, 0.25) is 5.95 Å². The van der Waals surface area contributed by atoms with Crippen molar-refractivity contribution in [1.29, 1.82) is 0 Å². The molecule has 29 heavy (non-hydrogen) atoms. The Kier molecular flexibility index (Phi) is 7.24. The number of hydrogen-bond donors (Lipinski definition) is 2. The first kappa shape index (κ1) is 20.4. The molecule has 0 fully saturated rings. The molecule has 1 aromatic heterocycles. The number of nitrogens with zero attached hydrogens (tertiary/aromatic N) is 2. The molecule has 2 N–H and O–H groups in total. The standard InChI is InChI=1S/C22H26N4O3/c1-27-13-7-12-23-21-15-19(16-8-5-4-6-9-16)25-22(26-21)24-18-11-10-17(28-2)14-20(18)29-3/h4-6,8-11,14-15H,7,12-13H2,1-3H3,(H2,23,24,25,26). The average molecular weight is 394 g/mol. The van der Waals surface area contributed by atoms with Gasteiger partial charge in [0, 0.05) is 38.0 Å². The summed E-state index contributed by atoms with van der Waals surface area (Å²) in [4.78, 5) is 9.30. The zero-order chi connectivity index (χ0) is 20.5. The minimum absolute atomic E-state index is 0.476. The van der Waals surface area contributed by atoms with Gasteiger partial charge in [0.25, 0.3) is 0 Å². The van der Waals surface area contributed by atoms with E-state index in [1.807, 2.05) is 54.6 Å². The monoisotopic (exact) mass is 394 g/mol. The molecule has 7 heteroatoms. The number of nitrogens with one attached hydrogen (secondary N) is 2. The number of aromatic nitrogens is 2. The maximum atomic E-state index is 5.47. The van der Waals surface area contributed by atoms with Crippen LogP contribution in [-0.2, 0) is 4.74 Å². The van der Waals surface area contributed by atoms with E-state index in [1.54, 1.807) is 21.3 Å². The van der Waals surface area contributed by atoms with Crippen LogP contribution in [0.5, 0.6) is 11.5 Å². The Morgan fingerprint density at radius 2 is 1.72 bits per heavy atom. The molecule has 3 aromatic rings. The number of methoxy groups -OCH3 is 3. The minimum Gasteiger partial charge on any atom is -0.497 e. The number of rotatable bonds is 10. The highest BCUT2D eigenvalue weighted by molar-refractivity contribution is 5.69. The normalized spacial score (nSPS) is 10.4. The molecule has 0 saturated heterocycles. The van der Waals surface area contributed by atoms with Gasteiger partial charge in [-0.15, -0.1) is 0 Å². The zero-order valence-corrected chi connectivity index (χ0v) is 16.9. The maximum Gasteiger partial charge on any atom is 0.229 e. The van der Waals surface area contributed by atoms with Crippen LogP contribution in [0.25, 0.3) is 11.3 Å². The lowest BCUT2D eigenvalue weighted by Gasteiger charge is -2.14. The predicted molar refractivity (Wildman–Crippen MR) is 115 cm³/mol. The Bertz CT molecular complexity index is 919. The van der Waals surface area contributed by atoms with Crippen LogP contribution in [0, 0.1) is 0 Å². The van der Waals surface area contributed by atoms with E-state index in [9.17, 15) is 0 Å². The second-order valence-corrected chi connectivity index (χ2v) is 6.29. The van der Waals surface area contributed by atoms with Crippen molar-refractivity contribution in [3.05, 3.63) is 54.6 Å². The van der Waals surface area contributed by atoms with E-state index in [0.717, 1.165) is 35.7 Å². The Labute approximate surface area is 171 Å². The lowest BCUT2D eigenvalue weighted by Crippen LogP contribution is -2.08. The van der Waals surface area contributed by atoms with Crippen LogP contribution in [0.2, 0.25) is 0 Å². The van der Waals surface area contributed by atoms with Crippen molar-refractivity contribution >= 4 is 17.5 Å². The van der Waals surface area contributed by atoms with E-state index < -0.39 is 0 Å². The maximum absolute atomic E-state index is 5.47. The second-order valence-electron chi connectivity index (χ2n) is 6.29. The Morgan fingerprint density at radius 3 is 2.45 bits per heavy atom. The topological polar surface area (TPSA) is 77.5 Å². The van der Waals surface area contributed by atoms with Crippen molar-refractivity contribution in [2.24, 2.45) is 0 Å². The minimum atomic E-state index is 0.476. The summed E-state index contributed by atoms with van der Waals surface area (Å²) in [6, 6.07) is 17.5. The number of ether oxygens (including phenoxy) is 3. The van der Waals surface area contributed by atoms with E-state index in [1.165, 1.54) is 0 Å².